The van der Waals surface area contributed by atoms with Gasteiger partial charge in [0.15, 0.2) is 5.16 Å². The first-order valence-corrected chi connectivity index (χ1v) is 8.57. The monoisotopic (exact) mass is 369 g/mol. The molecule has 0 aliphatic heterocycles. The number of halogens is 2. The number of nitrogens with one attached hydrogen (secondary N) is 2. The van der Waals surface area contributed by atoms with Crippen molar-refractivity contribution in [2.24, 2.45) is 0 Å². The van der Waals surface area contributed by atoms with Gasteiger partial charge in [0.2, 0.25) is 5.91 Å². The van der Waals surface area contributed by atoms with Gasteiger partial charge < -0.3 is 14.7 Å². The molecule has 23 heavy (non-hydrogen) atoms. The van der Waals surface area contributed by atoms with E-state index < -0.39 is 0 Å². The van der Waals surface area contributed by atoms with Gasteiger partial charge in [-0.05, 0) is 31.2 Å². The molecule has 120 valence electrons. The molecule has 1 atom stereocenters. The quantitative estimate of drug-likeness (QED) is 0.652. The Balaban J connectivity index is 1.62. The minimum atomic E-state index is -0.179. The van der Waals surface area contributed by atoms with Crippen LogP contribution in [-0.2, 0) is 4.79 Å². The van der Waals surface area contributed by atoms with E-state index in [2.05, 4.69) is 15.3 Å². The van der Waals surface area contributed by atoms with Gasteiger partial charge in [-0.25, -0.2) is 4.98 Å². The first kappa shape index (κ1) is 16.2. The topological polar surface area (TPSA) is 70.9 Å². The number of benzene rings is 1. The third-order valence-corrected chi connectivity index (χ3v) is 4.55. The molecule has 0 radical (unpaired) electrons. The van der Waals surface area contributed by atoms with Gasteiger partial charge in [0.1, 0.15) is 11.3 Å². The van der Waals surface area contributed by atoms with Crippen molar-refractivity contribution >= 4 is 51.9 Å². The van der Waals surface area contributed by atoms with Crippen LogP contribution in [0.15, 0.2) is 40.1 Å². The molecule has 0 aliphatic carbocycles. The van der Waals surface area contributed by atoms with Gasteiger partial charge in [-0.3, -0.25) is 4.79 Å². The summed E-state index contributed by atoms with van der Waals surface area (Å²) in [4.78, 5) is 19.5. The van der Waals surface area contributed by atoms with Crippen molar-refractivity contribution in [2.75, 3.05) is 5.75 Å². The van der Waals surface area contributed by atoms with E-state index in [-0.39, 0.29) is 17.7 Å². The van der Waals surface area contributed by atoms with Crippen LogP contribution in [0.5, 0.6) is 0 Å². The summed E-state index contributed by atoms with van der Waals surface area (Å²) >= 11 is 13.4. The Morgan fingerprint density at radius 2 is 2.30 bits per heavy atom. The molecule has 0 saturated carbocycles. The van der Waals surface area contributed by atoms with Gasteiger partial charge in [0.05, 0.1) is 28.6 Å². The second-order valence-electron chi connectivity index (χ2n) is 4.92. The summed E-state index contributed by atoms with van der Waals surface area (Å²) < 4.78 is 5.26. The number of amides is 1. The second-order valence-corrected chi connectivity index (χ2v) is 6.73. The molecule has 2 aromatic heterocycles. The lowest BCUT2D eigenvalue weighted by Gasteiger charge is -2.10. The zero-order valence-corrected chi connectivity index (χ0v) is 14.4. The van der Waals surface area contributed by atoms with Gasteiger partial charge in [-0.15, -0.1) is 0 Å². The molecule has 0 saturated heterocycles. The van der Waals surface area contributed by atoms with Crippen molar-refractivity contribution in [3.8, 4) is 0 Å². The van der Waals surface area contributed by atoms with Crippen LogP contribution in [0.3, 0.4) is 0 Å². The van der Waals surface area contributed by atoms with Gasteiger partial charge >= 0.3 is 0 Å². The zero-order chi connectivity index (χ0) is 16.4. The van der Waals surface area contributed by atoms with Crippen LogP contribution < -0.4 is 5.32 Å². The van der Waals surface area contributed by atoms with Crippen LogP contribution in [0.1, 0.15) is 18.7 Å². The highest BCUT2D eigenvalue weighted by atomic mass is 35.5. The number of hydrogen-bond donors (Lipinski definition) is 2. The number of hydrogen-bond acceptors (Lipinski definition) is 4. The van der Waals surface area contributed by atoms with Crippen LogP contribution in [0.2, 0.25) is 10.0 Å². The van der Waals surface area contributed by atoms with Crippen molar-refractivity contribution in [1.29, 1.82) is 0 Å². The van der Waals surface area contributed by atoms with Crippen LogP contribution in [-0.4, -0.2) is 21.6 Å². The van der Waals surface area contributed by atoms with Gasteiger partial charge in [0, 0.05) is 5.02 Å². The SMILES string of the molecule is C[C@@H](NC(=O)CSc1nc2c(Cl)cc(Cl)cc2[nH]1)c1ccco1. The van der Waals surface area contributed by atoms with Crippen molar-refractivity contribution in [3.05, 3.63) is 46.3 Å². The van der Waals surface area contributed by atoms with Crippen LogP contribution in [0.25, 0.3) is 11.0 Å². The third kappa shape index (κ3) is 3.83. The van der Waals surface area contributed by atoms with E-state index in [1.807, 2.05) is 13.0 Å². The molecule has 0 bridgehead atoms. The third-order valence-electron chi connectivity index (χ3n) is 3.17. The van der Waals surface area contributed by atoms with Crippen molar-refractivity contribution in [3.63, 3.8) is 0 Å². The lowest BCUT2D eigenvalue weighted by molar-refractivity contribution is -0.119. The molecular formula is C15H13Cl2N3O2S. The summed E-state index contributed by atoms with van der Waals surface area (Å²) in [7, 11) is 0. The Morgan fingerprint density at radius 1 is 1.48 bits per heavy atom. The Labute approximate surface area is 146 Å². The largest absolute Gasteiger partial charge is 0.467 e. The first-order valence-electron chi connectivity index (χ1n) is 6.83. The van der Waals surface area contributed by atoms with E-state index >= 15 is 0 Å². The number of fused-ring (bicyclic) bond motifs is 1. The summed E-state index contributed by atoms with van der Waals surface area (Å²) in [5.41, 5.74) is 1.39. The van der Waals surface area contributed by atoms with E-state index in [0.717, 1.165) is 5.52 Å². The summed E-state index contributed by atoms with van der Waals surface area (Å²) in [5, 5.41) is 4.49. The smallest absolute Gasteiger partial charge is 0.231 e. The van der Waals surface area contributed by atoms with Crippen LogP contribution >= 0.6 is 35.0 Å². The summed E-state index contributed by atoms with van der Waals surface area (Å²) in [6, 6.07) is 6.82. The zero-order valence-electron chi connectivity index (χ0n) is 12.1. The summed E-state index contributed by atoms with van der Waals surface area (Å²) in [6.45, 7) is 1.87. The summed E-state index contributed by atoms with van der Waals surface area (Å²) in [5.74, 6) is 0.841. The molecule has 0 spiro atoms. The van der Waals surface area contributed by atoms with Crippen molar-refractivity contribution in [1.82, 2.24) is 15.3 Å². The highest BCUT2D eigenvalue weighted by Gasteiger charge is 2.14. The average molecular weight is 370 g/mol. The number of carbonyl (C=O) groups excluding carboxylic acids is 1. The fourth-order valence-electron chi connectivity index (χ4n) is 2.11. The summed E-state index contributed by atoms with van der Waals surface area (Å²) in [6.07, 6.45) is 1.58. The van der Waals surface area contributed by atoms with Gasteiger partial charge in [-0.2, -0.15) is 0 Å². The standard InChI is InChI=1S/C15H13Cl2N3O2S/c1-8(12-3-2-4-22-12)18-13(21)7-23-15-19-11-6-9(16)5-10(17)14(11)20-15/h2-6,8H,7H2,1H3,(H,18,21)(H,19,20)/t8-/m1/s1. The molecule has 2 heterocycles. The predicted molar refractivity (Wildman–Crippen MR) is 92.1 cm³/mol. The number of imidazole rings is 1. The van der Waals surface area contributed by atoms with E-state index in [9.17, 15) is 4.79 Å². The molecule has 0 unspecified atom stereocenters. The number of carbonyl (C=O) groups is 1. The van der Waals surface area contributed by atoms with E-state index in [1.54, 1.807) is 24.5 Å². The minimum Gasteiger partial charge on any atom is -0.467 e. The van der Waals surface area contributed by atoms with Crippen molar-refractivity contribution in [2.45, 2.75) is 18.1 Å². The highest BCUT2D eigenvalue weighted by Crippen LogP contribution is 2.28. The number of nitrogens with zero attached hydrogens (tertiary/aromatic N) is 1. The number of furan rings is 1. The van der Waals surface area contributed by atoms with Gasteiger partial charge in [0.25, 0.3) is 0 Å². The molecular weight excluding hydrogens is 357 g/mol. The van der Waals surface area contributed by atoms with E-state index in [4.69, 9.17) is 27.6 Å². The Bertz CT molecular complexity index is 833. The highest BCUT2D eigenvalue weighted by molar-refractivity contribution is 7.99. The Kier molecular flexibility index (Phi) is 4.84. The van der Waals surface area contributed by atoms with E-state index in [1.165, 1.54) is 11.8 Å². The molecule has 0 fully saturated rings. The molecule has 5 nitrogen and oxygen atoms in total. The normalized spacial score (nSPS) is 12.5. The predicted octanol–water partition coefficient (Wildman–Crippen LogP) is 4.43. The fourth-order valence-corrected chi connectivity index (χ4v) is 3.34. The number of aromatic nitrogens is 2. The first-order chi connectivity index (χ1) is 11.0. The Morgan fingerprint density at radius 3 is 3.04 bits per heavy atom. The molecule has 3 rings (SSSR count). The maximum absolute atomic E-state index is 12.0. The van der Waals surface area contributed by atoms with Crippen LogP contribution in [0, 0.1) is 0 Å². The number of thioether (sulfide) groups is 1. The lowest BCUT2D eigenvalue weighted by Crippen LogP contribution is -2.27. The number of aromatic amines is 1. The van der Waals surface area contributed by atoms with Crippen LogP contribution in [0.4, 0.5) is 0 Å². The molecule has 0 aliphatic rings. The molecule has 8 heteroatoms. The minimum absolute atomic E-state index is 0.108. The number of H-pyrrole nitrogens is 1. The molecule has 1 aromatic carbocycles. The number of rotatable bonds is 5. The maximum atomic E-state index is 12.0. The molecule has 3 aromatic rings. The molecule has 1 amide bonds. The maximum Gasteiger partial charge on any atom is 0.231 e. The fraction of sp³-hybridized carbons (Fsp3) is 0.200. The lowest BCUT2D eigenvalue weighted by atomic mass is 10.2. The molecule has 2 N–H and O–H groups in total. The second kappa shape index (κ2) is 6.86. The van der Waals surface area contributed by atoms with Crippen molar-refractivity contribution < 1.29 is 9.21 Å². The average Bonchev–Trinajstić information content (AvgIpc) is 3.14. The van der Waals surface area contributed by atoms with E-state index in [0.29, 0.717) is 26.5 Å². The Hall–Kier alpha value is -1.63. The van der Waals surface area contributed by atoms with Gasteiger partial charge in [-0.1, -0.05) is 35.0 Å².